The summed E-state index contributed by atoms with van der Waals surface area (Å²) in [5.74, 6) is -0.650. The maximum absolute atomic E-state index is 11.9. The van der Waals surface area contributed by atoms with Crippen LogP contribution in [-0.4, -0.2) is 58.0 Å². The van der Waals surface area contributed by atoms with Crippen LogP contribution >= 0.6 is 0 Å². The molecule has 0 saturated carbocycles. The first kappa shape index (κ1) is 44.1. The zero-order valence-corrected chi connectivity index (χ0v) is 29.7. The van der Waals surface area contributed by atoms with E-state index in [0.29, 0.717) is 12.8 Å². The van der Waals surface area contributed by atoms with Gasteiger partial charge in [0.15, 0.2) is 0 Å². The molecule has 0 saturated heterocycles. The van der Waals surface area contributed by atoms with Gasteiger partial charge in [-0.1, -0.05) is 181 Å². The summed E-state index contributed by atoms with van der Waals surface area (Å²) >= 11 is 0. The van der Waals surface area contributed by atoms with Crippen molar-refractivity contribution in [3.63, 3.8) is 0 Å². The van der Waals surface area contributed by atoms with Gasteiger partial charge in [-0.3, -0.25) is 9.59 Å². The minimum atomic E-state index is -0.325. The third-order valence-corrected chi connectivity index (χ3v) is 7.70. The van der Waals surface area contributed by atoms with E-state index in [2.05, 4.69) is 13.8 Å². The van der Waals surface area contributed by atoms with Gasteiger partial charge >= 0.3 is 58.0 Å². The number of hydrogen-bond acceptors (Lipinski definition) is 3. The summed E-state index contributed by atoms with van der Waals surface area (Å²) in [5.41, 5.74) is 0. The molecule has 39 heavy (non-hydrogen) atoms. The Bertz CT molecular complexity index is 504. The van der Waals surface area contributed by atoms with E-state index in [9.17, 15) is 9.59 Å². The summed E-state index contributed by atoms with van der Waals surface area (Å²) in [6, 6.07) is 0. The van der Waals surface area contributed by atoms with E-state index >= 15 is 0 Å². The topological polar surface area (TPSA) is 43.4 Å². The van der Waals surface area contributed by atoms with Crippen LogP contribution in [0.1, 0.15) is 212 Å². The van der Waals surface area contributed by atoms with Crippen LogP contribution in [0.3, 0.4) is 0 Å². The first-order chi connectivity index (χ1) is 18.2. The Morgan fingerprint density at radius 1 is 0.359 bits per heavy atom. The fraction of sp³-hybridized carbons (Fsp3) is 0.941. The van der Waals surface area contributed by atoms with Crippen molar-refractivity contribution in [1.29, 1.82) is 0 Å². The van der Waals surface area contributed by atoms with Gasteiger partial charge in [-0.25, -0.2) is 0 Å². The van der Waals surface area contributed by atoms with Gasteiger partial charge in [-0.15, -0.1) is 0 Å². The molecule has 0 N–H and O–H groups in total. The number of unbranched alkanes of at least 4 members (excludes halogenated alkanes) is 26. The van der Waals surface area contributed by atoms with Crippen molar-refractivity contribution in [1.82, 2.24) is 0 Å². The minimum absolute atomic E-state index is 0. The van der Waals surface area contributed by atoms with E-state index in [1.165, 1.54) is 154 Å². The van der Waals surface area contributed by atoms with Crippen LogP contribution in [0.4, 0.5) is 0 Å². The molecule has 0 rings (SSSR count). The molecule has 0 aliphatic heterocycles. The normalized spacial score (nSPS) is 10.6. The zero-order valence-electron chi connectivity index (χ0n) is 30.9. The summed E-state index contributed by atoms with van der Waals surface area (Å²) in [7, 11) is 0. The number of esters is 2. The quantitative estimate of drug-likeness (QED) is 0.0370. The molecule has 0 aliphatic carbocycles. The number of carbonyl (C=O) groups is 2. The van der Waals surface area contributed by atoms with Gasteiger partial charge in [-0.2, -0.15) is 0 Å². The van der Waals surface area contributed by atoms with Crippen LogP contribution in [0, 0.1) is 0 Å². The number of hydrogen-bond donors (Lipinski definition) is 0. The van der Waals surface area contributed by atoms with E-state index < -0.39 is 0 Å². The molecule has 5 heteroatoms. The summed E-state index contributed by atoms with van der Waals surface area (Å²) in [6.07, 6.45) is 37.2. The third-order valence-electron chi connectivity index (χ3n) is 7.70. The molecule has 228 valence electrons. The molecule has 0 aromatic heterocycles. The summed E-state index contributed by atoms with van der Waals surface area (Å²) in [4.78, 5) is 23.8. The first-order valence-electron chi connectivity index (χ1n) is 16.9. The SMILES string of the molecule is CCCCCCCCCCCCCCCCCC(=O)OC(=O)CCCCCCCCCCCCCCC.[H-].[H-].[H-].[H-].[Mg+2].[Mg+2]. The third kappa shape index (κ3) is 38.7. The zero-order chi connectivity index (χ0) is 27.1. The fourth-order valence-electron chi connectivity index (χ4n) is 5.16. The van der Waals surface area contributed by atoms with Crippen molar-refractivity contribution < 1.29 is 20.0 Å². The summed E-state index contributed by atoms with van der Waals surface area (Å²) in [6.45, 7) is 4.55. The largest absolute Gasteiger partial charge is 2.00 e. The molecule has 0 atom stereocenters. The second-order valence-electron chi connectivity index (χ2n) is 11.5. The molecule has 0 radical (unpaired) electrons. The Hall–Kier alpha value is 0.672. The molecule has 0 bridgehead atoms. The van der Waals surface area contributed by atoms with Crippen molar-refractivity contribution >= 4 is 58.0 Å². The number of ether oxygens (including phenoxy) is 1. The summed E-state index contributed by atoms with van der Waals surface area (Å²) < 4.78 is 5.00. The Kier molecular flexibility index (Phi) is 43.7. The van der Waals surface area contributed by atoms with Gasteiger partial charge in [0.2, 0.25) is 0 Å². The molecule has 0 aromatic carbocycles. The van der Waals surface area contributed by atoms with E-state index in [1.807, 2.05) is 0 Å². The first-order valence-corrected chi connectivity index (χ1v) is 16.9. The van der Waals surface area contributed by atoms with Crippen LogP contribution in [0.2, 0.25) is 0 Å². The average molecular weight is 576 g/mol. The minimum Gasteiger partial charge on any atom is -1.00 e. The Labute approximate surface area is 283 Å². The van der Waals surface area contributed by atoms with Gasteiger partial charge in [0.25, 0.3) is 0 Å². The monoisotopic (exact) mass is 575 g/mol. The van der Waals surface area contributed by atoms with Crippen molar-refractivity contribution in [2.24, 2.45) is 0 Å². The van der Waals surface area contributed by atoms with Gasteiger partial charge in [0.05, 0.1) is 0 Å². The van der Waals surface area contributed by atoms with Crippen LogP contribution < -0.4 is 0 Å². The predicted molar refractivity (Wildman–Crippen MR) is 177 cm³/mol. The standard InChI is InChI=1S/C34H66O3.2Mg.4H/c1-3-5-7-9-11-13-15-17-18-20-22-24-26-28-30-32-34(36)37-33(35)31-29-27-25-23-21-19-16-14-12-10-8-6-4-2;;;;;;/h3-32H2,1-2H3;;;;;;/q;2*+2;4*-1. The molecular weight excluding hydrogens is 505 g/mol. The maximum Gasteiger partial charge on any atom is 2.00 e. The van der Waals surface area contributed by atoms with Crippen LogP contribution in [0.5, 0.6) is 0 Å². The van der Waals surface area contributed by atoms with Crippen LogP contribution in [0.15, 0.2) is 0 Å². The Balaban J connectivity index is -0.000000432. The molecule has 0 amide bonds. The molecule has 0 fully saturated rings. The molecule has 0 spiro atoms. The van der Waals surface area contributed by atoms with E-state index in [4.69, 9.17) is 4.74 Å². The molecule has 0 unspecified atom stereocenters. The van der Waals surface area contributed by atoms with Crippen molar-refractivity contribution in [2.75, 3.05) is 0 Å². The molecular formula is C34H70Mg2O3. The second kappa shape index (κ2) is 38.7. The van der Waals surface area contributed by atoms with Gasteiger partial charge < -0.3 is 10.4 Å². The molecule has 0 aromatic rings. The molecule has 0 aliphatic rings. The molecule has 0 heterocycles. The van der Waals surface area contributed by atoms with Gasteiger partial charge in [-0.05, 0) is 12.8 Å². The van der Waals surface area contributed by atoms with Gasteiger partial charge in [0.1, 0.15) is 0 Å². The summed E-state index contributed by atoms with van der Waals surface area (Å²) in [5, 5.41) is 0. The number of carbonyl (C=O) groups excluding carboxylic acids is 2. The Morgan fingerprint density at radius 2 is 0.538 bits per heavy atom. The second-order valence-corrected chi connectivity index (χ2v) is 11.5. The average Bonchev–Trinajstić information content (AvgIpc) is 2.89. The predicted octanol–water partition coefficient (Wildman–Crippen LogP) is 11.5. The van der Waals surface area contributed by atoms with Gasteiger partial charge in [0, 0.05) is 12.8 Å². The fourth-order valence-corrected chi connectivity index (χ4v) is 5.16. The van der Waals surface area contributed by atoms with E-state index in [0.717, 1.165) is 25.7 Å². The van der Waals surface area contributed by atoms with Crippen molar-refractivity contribution in [2.45, 2.75) is 206 Å². The van der Waals surface area contributed by atoms with Crippen molar-refractivity contribution in [3.05, 3.63) is 0 Å². The van der Waals surface area contributed by atoms with Crippen LogP contribution in [-0.2, 0) is 14.3 Å². The number of rotatable bonds is 30. The smallest absolute Gasteiger partial charge is 1.00 e. The van der Waals surface area contributed by atoms with E-state index in [-0.39, 0.29) is 63.8 Å². The van der Waals surface area contributed by atoms with Crippen LogP contribution in [0.25, 0.3) is 0 Å². The maximum atomic E-state index is 11.9. The van der Waals surface area contributed by atoms with E-state index in [1.54, 1.807) is 0 Å². The molecule has 3 nitrogen and oxygen atoms in total. The van der Waals surface area contributed by atoms with Crippen molar-refractivity contribution in [3.8, 4) is 0 Å². The Morgan fingerprint density at radius 3 is 0.744 bits per heavy atom.